The predicted octanol–water partition coefficient (Wildman–Crippen LogP) is 1.28. The number of benzene rings is 1. The number of hydrogen-bond acceptors (Lipinski definition) is 5. The lowest BCUT2D eigenvalue weighted by atomic mass is 10.2. The molecular weight excluding hydrogens is 284 g/mol. The van der Waals surface area contributed by atoms with Crippen molar-refractivity contribution in [2.24, 2.45) is 5.73 Å². The molecule has 0 saturated carbocycles. The lowest BCUT2D eigenvalue weighted by Gasteiger charge is -2.09. The molecule has 1 aromatic carbocycles. The van der Waals surface area contributed by atoms with E-state index in [1.165, 1.54) is 6.07 Å². The van der Waals surface area contributed by atoms with E-state index in [1.54, 1.807) is 18.2 Å². The Labute approximate surface area is 123 Å². The smallest absolute Gasteiger partial charge is 0.292 e. The number of nitrogens with zero attached hydrogens (tertiary/aromatic N) is 1. The summed E-state index contributed by atoms with van der Waals surface area (Å²) in [5, 5.41) is 16.2. The van der Waals surface area contributed by atoms with Crippen LogP contribution in [0.3, 0.4) is 0 Å². The monoisotopic (exact) mass is 302 g/mol. The molecule has 8 heteroatoms. The summed E-state index contributed by atoms with van der Waals surface area (Å²) in [6.07, 6.45) is 0.692. The maximum absolute atomic E-state index is 11.5. The Morgan fingerprint density at radius 3 is 2.70 bits per heavy atom. The van der Waals surface area contributed by atoms with Crippen molar-refractivity contribution in [1.29, 1.82) is 0 Å². The van der Waals surface area contributed by atoms with Crippen LogP contribution < -0.4 is 16.4 Å². The molecule has 0 fully saturated rings. The Balaban J connectivity index is 0.00000361. The fourth-order valence-corrected chi connectivity index (χ4v) is 1.46. The summed E-state index contributed by atoms with van der Waals surface area (Å²) in [5.74, 6) is -0.223. The minimum atomic E-state index is -0.490. The number of rotatable bonds is 7. The third-order valence-corrected chi connectivity index (χ3v) is 2.46. The van der Waals surface area contributed by atoms with E-state index in [-0.39, 0.29) is 36.6 Å². The van der Waals surface area contributed by atoms with Crippen LogP contribution in [0.5, 0.6) is 0 Å². The molecule has 1 atom stereocenters. The van der Waals surface area contributed by atoms with Gasteiger partial charge in [-0.2, -0.15) is 0 Å². The Kier molecular flexibility index (Phi) is 8.26. The fourth-order valence-electron chi connectivity index (χ4n) is 1.46. The summed E-state index contributed by atoms with van der Waals surface area (Å²) in [6, 6.07) is 6.22. The van der Waals surface area contributed by atoms with E-state index in [2.05, 4.69) is 10.6 Å². The van der Waals surface area contributed by atoms with E-state index >= 15 is 0 Å². The molecule has 0 aromatic heterocycles. The van der Waals surface area contributed by atoms with Gasteiger partial charge in [0.2, 0.25) is 5.91 Å². The molecule has 112 valence electrons. The number of anilines is 1. The summed E-state index contributed by atoms with van der Waals surface area (Å²) >= 11 is 0. The van der Waals surface area contributed by atoms with E-state index in [9.17, 15) is 14.9 Å². The number of carbonyl (C=O) groups is 1. The first-order valence-corrected chi connectivity index (χ1v) is 6.00. The van der Waals surface area contributed by atoms with Crippen molar-refractivity contribution < 1.29 is 9.72 Å². The minimum Gasteiger partial charge on any atom is -0.371 e. The molecule has 0 aliphatic rings. The van der Waals surface area contributed by atoms with Crippen LogP contribution in [0.15, 0.2) is 24.3 Å². The molecule has 1 rings (SSSR count). The van der Waals surface area contributed by atoms with E-state index in [1.807, 2.05) is 6.92 Å². The molecular formula is C12H19ClN4O3. The zero-order valence-electron chi connectivity index (χ0n) is 11.2. The van der Waals surface area contributed by atoms with Gasteiger partial charge in [-0.3, -0.25) is 14.9 Å². The van der Waals surface area contributed by atoms with Gasteiger partial charge >= 0.3 is 0 Å². The van der Waals surface area contributed by atoms with Crippen molar-refractivity contribution in [1.82, 2.24) is 5.32 Å². The SMILES string of the molecule is CC(N)CCNC(=O)CNc1ccccc1[N+](=O)[O-].Cl. The average Bonchev–Trinajstić information content (AvgIpc) is 2.36. The quantitative estimate of drug-likeness (QED) is 0.519. The van der Waals surface area contributed by atoms with Crippen molar-refractivity contribution >= 4 is 29.7 Å². The predicted molar refractivity (Wildman–Crippen MR) is 80.1 cm³/mol. The Morgan fingerprint density at radius 2 is 2.10 bits per heavy atom. The van der Waals surface area contributed by atoms with Crippen LogP contribution >= 0.6 is 12.4 Å². The molecule has 4 N–H and O–H groups in total. The van der Waals surface area contributed by atoms with Crippen LogP contribution in [0.4, 0.5) is 11.4 Å². The number of amides is 1. The van der Waals surface area contributed by atoms with E-state index < -0.39 is 4.92 Å². The minimum absolute atomic E-state index is 0. The van der Waals surface area contributed by atoms with E-state index in [0.29, 0.717) is 18.7 Å². The molecule has 1 unspecified atom stereocenters. The molecule has 0 heterocycles. The zero-order valence-corrected chi connectivity index (χ0v) is 12.0. The standard InChI is InChI=1S/C12H18N4O3.ClH/c1-9(13)6-7-14-12(17)8-15-10-4-2-3-5-11(10)16(18)19;/h2-5,9,15H,6-8,13H2,1H3,(H,14,17);1H. The molecule has 0 bridgehead atoms. The van der Waals surface area contributed by atoms with Gasteiger partial charge in [-0.15, -0.1) is 12.4 Å². The molecule has 0 spiro atoms. The number of nitro groups is 1. The lowest BCUT2D eigenvalue weighted by molar-refractivity contribution is -0.383. The number of carbonyl (C=O) groups excluding carboxylic acids is 1. The summed E-state index contributed by atoms with van der Waals surface area (Å²) in [4.78, 5) is 21.8. The molecule has 7 nitrogen and oxygen atoms in total. The second-order valence-corrected chi connectivity index (χ2v) is 4.24. The van der Waals surface area contributed by atoms with Crippen molar-refractivity contribution in [2.75, 3.05) is 18.4 Å². The number of halogens is 1. The Bertz CT molecular complexity index is 454. The van der Waals surface area contributed by atoms with Gasteiger partial charge in [0, 0.05) is 18.7 Å². The second kappa shape index (κ2) is 9.11. The second-order valence-electron chi connectivity index (χ2n) is 4.24. The maximum atomic E-state index is 11.5. The molecule has 20 heavy (non-hydrogen) atoms. The van der Waals surface area contributed by atoms with Gasteiger partial charge in [-0.1, -0.05) is 12.1 Å². The van der Waals surface area contributed by atoms with Crippen molar-refractivity contribution in [3.05, 3.63) is 34.4 Å². The largest absolute Gasteiger partial charge is 0.371 e. The van der Waals surface area contributed by atoms with Gasteiger partial charge in [-0.05, 0) is 19.4 Å². The summed E-state index contributed by atoms with van der Waals surface area (Å²) < 4.78 is 0. The zero-order chi connectivity index (χ0) is 14.3. The maximum Gasteiger partial charge on any atom is 0.292 e. The number of hydrogen-bond donors (Lipinski definition) is 3. The number of para-hydroxylation sites is 2. The van der Waals surface area contributed by atoms with Gasteiger partial charge in [0.25, 0.3) is 5.69 Å². The normalized spacial score (nSPS) is 11.1. The van der Waals surface area contributed by atoms with Gasteiger partial charge in [0.15, 0.2) is 0 Å². The summed E-state index contributed by atoms with van der Waals surface area (Å²) in [6.45, 7) is 2.34. The molecule has 0 radical (unpaired) electrons. The highest BCUT2D eigenvalue weighted by Crippen LogP contribution is 2.22. The fraction of sp³-hybridized carbons (Fsp3) is 0.417. The number of nitro benzene ring substituents is 1. The van der Waals surface area contributed by atoms with Crippen LogP contribution in [0.2, 0.25) is 0 Å². The van der Waals surface area contributed by atoms with Gasteiger partial charge in [0.05, 0.1) is 11.5 Å². The lowest BCUT2D eigenvalue weighted by Crippen LogP contribution is -2.33. The Hall–Kier alpha value is -1.86. The van der Waals surface area contributed by atoms with Crippen molar-refractivity contribution in [3.63, 3.8) is 0 Å². The molecule has 0 saturated heterocycles. The average molecular weight is 303 g/mol. The van der Waals surface area contributed by atoms with Gasteiger partial charge in [-0.25, -0.2) is 0 Å². The highest BCUT2D eigenvalue weighted by atomic mass is 35.5. The topological polar surface area (TPSA) is 110 Å². The van der Waals surface area contributed by atoms with Gasteiger partial charge < -0.3 is 16.4 Å². The first kappa shape index (κ1) is 18.1. The highest BCUT2D eigenvalue weighted by molar-refractivity contribution is 5.85. The van der Waals surface area contributed by atoms with Crippen molar-refractivity contribution in [3.8, 4) is 0 Å². The highest BCUT2D eigenvalue weighted by Gasteiger charge is 2.12. The van der Waals surface area contributed by atoms with Crippen LogP contribution in [0.25, 0.3) is 0 Å². The third-order valence-electron chi connectivity index (χ3n) is 2.46. The summed E-state index contributed by atoms with van der Waals surface area (Å²) in [7, 11) is 0. The van der Waals surface area contributed by atoms with Crippen LogP contribution in [0.1, 0.15) is 13.3 Å². The molecule has 1 amide bonds. The van der Waals surface area contributed by atoms with Crippen molar-refractivity contribution in [2.45, 2.75) is 19.4 Å². The first-order chi connectivity index (χ1) is 9.00. The third kappa shape index (κ3) is 6.35. The molecule has 1 aromatic rings. The van der Waals surface area contributed by atoms with E-state index in [4.69, 9.17) is 5.73 Å². The number of nitrogens with two attached hydrogens (primary N) is 1. The van der Waals surface area contributed by atoms with Crippen LogP contribution in [-0.2, 0) is 4.79 Å². The number of nitrogens with one attached hydrogen (secondary N) is 2. The van der Waals surface area contributed by atoms with Crippen LogP contribution in [-0.4, -0.2) is 30.0 Å². The molecule has 0 aliphatic heterocycles. The van der Waals surface area contributed by atoms with Gasteiger partial charge in [0.1, 0.15) is 5.69 Å². The summed E-state index contributed by atoms with van der Waals surface area (Å²) in [5.41, 5.74) is 5.83. The van der Waals surface area contributed by atoms with E-state index in [0.717, 1.165) is 0 Å². The van der Waals surface area contributed by atoms with Crippen LogP contribution in [0, 0.1) is 10.1 Å². The molecule has 0 aliphatic carbocycles. The Morgan fingerprint density at radius 1 is 1.45 bits per heavy atom. The first-order valence-electron chi connectivity index (χ1n) is 6.00.